The number of carbonyl (C=O) groups excluding carboxylic acids is 3. The number of fused-ring (bicyclic) bond motifs is 1. The first-order chi connectivity index (χ1) is 10.9. The Hall–Kier alpha value is -1.73. The Bertz CT molecular complexity index is 904. The molecule has 2 heterocycles. The average molecular weight is 405 g/mol. The number of pyridine rings is 1. The van der Waals surface area contributed by atoms with Crippen molar-refractivity contribution in [3.05, 3.63) is 56.0 Å². The van der Waals surface area contributed by atoms with E-state index in [2.05, 4.69) is 4.74 Å². The lowest BCUT2D eigenvalue weighted by atomic mass is 9.99. The molecule has 0 unspecified atom stereocenters. The van der Waals surface area contributed by atoms with Gasteiger partial charge >= 0.3 is 5.97 Å². The number of ether oxygens (including phenoxy) is 1. The molecule has 2 aromatic heterocycles. The second kappa shape index (κ2) is 7.03. The Balaban J connectivity index is 0.00000208. The first-order valence-corrected chi connectivity index (χ1v) is 7.89. The summed E-state index contributed by atoms with van der Waals surface area (Å²) in [5.74, 6) is -1.58. The summed E-state index contributed by atoms with van der Waals surface area (Å²) in [7, 11) is 1.23. The molecule has 9 heteroatoms. The minimum atomic E-state index is -0.613. The van der Waals surface area contributed by atoms with Crippen LogP contribution in [0.3, 0.4) is 0 Å². The van der Waals surface area contributed by atoms with Crippen LogP contribution in [0.25, 0.3) is 5.70 Å². The monoisotopic (exact) mass is 403 g/mol. The summed E-state index contributed by atoms with van der Waals surface area (Å²) < 4.78 is 6.01. The van der Waals surface area contributed by atoms with Crippen molar-refractivity contribution in [2.75, 3.05) is 7.11 Å². The first-order valence-electron chi connectivity index (χ1n) is 6.32. The van der Waals surface area contributed by atoms with Crippen LogP contribution in [0.4, 0.5) is 0 Å². The largest absolute Gasteiger partial charge is 1.00 e. The Labute approximate surface area is 156 Å². The summed E-state index contributed by atoms with van der Waals surface area (Å²) in [5, 5.41) is 0.170. The van der Waals surface area contributed by atoms with Gasteiger partial charge in [0.15, 0.2) is 17.4 Å². The number of rotatable bonds is 2. The number of Topliss-reactive ketones (excluding diaryl/α,β-unsaturated/α-hetero) is 2. The number of methoxy groups -OCH3 is 1. The van der Waals surface area contributed by atoms with Crippen molar-refractivity contribution in [3.8, 4) is 0 Å². The number of carbonyl (C=O) groups is 3. The summed E-state index contributed by atoms with van der Waals surface area (Å²) in [5.41, 5.74) is 0.133. The zero-order valence-electron chi connectivity index (χ0n) is 12.0. The van der Waals surface area contributed by atoms with Gasteiger partial charge in [0.2, 0.25) is 5.78 Å². The summed E-state index contributed by atoms with van der Waals surface area (Å²) in [6, 6.07) is 4.60. The van der Waals surface area contributed by atoms with Gasteiger partial charge in [-0.1, -0.05) is 23.2 Å². The van der Waals surface area contributed by atoms with Crippen molar-refractivity contribution in [3.63, 3.8) is 0 Å². The predicted octanol–water partition coefficient (Wildman–Crippen LogP) is -0.0338. The third-order valence-electron chi connectivity index (χ3n) is 3.21. The third-order valence-corrected chi connectivity index (χ3v) is 4.90. The molecule has 5 nitrogen and oxygen atoms in total. The minimum Gasteiger partial charge on any atom is -1.00 e. The number of ketones is 2. The van der Waals surface area contributed by atoms with Crippen LogP contribution in [0.1, 0.15) is 29.7 Å². The summed E-state index contributed by atoms with van der Waals surface area (Å²) in [6.07, 6.45) is 3.04. The van der Waals surface area contributed by atoms with E-state index in [4.69, 9.17) is 23.2 Å². The highest BCUT2D eigenvalue weighted by molar-refractivity contribution is 7.16. The predicted molar refractivity (Wildman–Crippen MR) is 85.0 cm³/mol. The molecular formula is C15H8Cl3NO4S. The van der Waals surface area contributed by atoms with E-state index in [1.165, 1.54) is 23.9 Å². The van der Waals surface area contributed by atoms with Gasteiger partial charge in [-0.25, -0.2) is 4.79 Å². The van der Waals surface area contributed by atoms with E-state index >= 15 is 0 Å². The number of thiophene rings is 1. The fraction of sp³-hybridized carbons (Fsp3) is 0.0667. The molecule has 0 saturated carbocycles. The molecule has 1 aliphatic carbocycles. The van der Waals surface area contributed by atoms with Crippen molar-refractivity contribution >= 4 is 57.8 Å². The van der Waals surface area contributed by atoms with Crippen LogP contribution in [0.5, 0.6) is 0 Å². The van der Waals surface area contributed by atoms with Crippen molar-refractivity contribution < 1.29 is 36.1 Å². The Kier molecular flexibility index (Phi) is 5.45. The standard InChI is InChI=1S/C15H8Cl2NO4S.ClH/c1-22-15(21)9-5-8-12(19)11(10(17)13(20)14(8)23-9)18-4-2-3-7(16)6-18;/h2-6H,1H3;1H/q+1;/p-1. The average Bonchev–Trinajstić information content (AvgIpc) is 2.98. The van der Waals surface area contributed by atoms with Gasteiger partial charge in [-0.15, -0.1) is 11.3 Å². The molecule has 0 spiro atoms. The van der Waals surface area contributed by atoms with Crippen LogP contribution in [-0.4, -0.2) is 24.6 Å². The van der Waals surface area contributed by atoms with Gasteiger partial charge in [0.05, 0.1) is 17.6 Å². The third kappa shape index (κ3) is 2.98. The fourth-order valence-electron chi connectivity index (χ4n) is 2.18. The maximum Gasteiger partial charge on any atom is 0.348 e. The smallest absolute Gasteiger partial charge is 0.348 e. The molecule has 0 amide bonds. The summed E-state index contributed by atoms with van der Waals surface area (Å²) in [4.78, 5) is 37.0. The molecule has 1 aliphatic rings. The van der Waals surface area contributed by atoms with E-state index < -0.39 is 17.5 Å². The molecule has 124 valence electrons. The van der Waals surface area contributed by atoms with E-state index in [0.717, 1.165) is 11.3 Å². The molecule has 0 saturated heterocycles. The maximum absolute atomic E-state index is 12.7. The van der Waals surface area contributed by atoms with Crippen molar-refractivity contribution in [1.82, 2.24) is 0 Å². The van der Waals surface area contributed by atoms with E-state index in [9.17, 15) is 14.4 Å². The normalized spacial score (nSPS) is 13.5. The van der Waals surface area contributed by atoms with Gasteiger partial charge in [-0.05, 0) is 12.1 Å². The van der Waals surface area contributed by atoms with Gasteiger partial charge in [0.25, 0.3) is 11.5 Å². The molecule has 0 radical (unpaired) electrons. The number of esters is 1. The van der Waals surface area contributed by atoms with Gasteiger partial charge in [-0.2, -0.15) is 4.57 Å². The molecule has 0 aliphatic heterocycles. The van der Waals surface area contributed by atoms with Crippen LogP contribution in [0.15, 0.2) is 35.6 Å². The van der Waals surface area contributed by atoms with Crippen LogP contribution in [0, 0.1) is 0 Å². The van der Waals surface area contributed by atoms with Gasteiger partial charge < -0.3 is 17.1 Å². The van der Waals surface area contributed by atoms with E-state index in [1.807, 2.05) is 0 Å². The van der Waals surface area contributed by atoms with Crippen LogP contribution in [-0.2, 0) is 4.74 Å². The number of hydrogen-bond acceptors (Lipinski definition) is 5. The molecule has 0 N–H and O–H groups in total. The van der Waals surface area contributed by atoms with E-state index in [1.54, 1.807) is 18.3 Å². The minimum absolute atomic E-state index is 0. The van der Waals surface area contributed by atoms with Crippen LogP contribution >= 0.6 is 34.5 Å². The number of allylic oxidation sites excluding steroid dienone is 2. The Morgan fingerprint density at radius 3 is 2.58 bits per heavy atom. The first kappa shape index (κ1) is 18.6. The quantitative estimate of drug-likeness (QED) is 0.521. The molecule has 3 rings (SSSR count). The highest BCUT2D eigenvalue weighted by atomic mass is 35.5. The molecule has 0 aromatic carbocycles. The number of aromatic nitrogens is 1. The lowest BCUT2D eigenvalue weighted by molar-refractivity contribution is -0.576. The van der Waals surface area contributed by atoms with Gasteiger partial charge in [0, 0.05) is 6.07 Å². The molecule has 24 heavy (non-hydrogen) atoms. The number of nitrogens with zero attached hydrogens (tertiary/aromatic N) is 1. The zero-order valence-corrected chi connectivity index (χ0v) is 15.1. The van der Waals surface area contributed by atoms with E-state index in [0.29, 0.717) is 5.02 Å². The van der Waals surface area contributed by atoms with Crippen LogP contribution < -0.4 is 17.0 Å². The maximum atomic E-state index is 12.7. The second-order valence-electron chi connectivity index (χ2n) is 4.60. The van der Waals surface area contributed by atoms with Crippen LogP contribution in [0.2, 0.25) is 5.02 Å². The lowest BCUT2D eigenvalue weighted by Crippen LogP contribution is -3.00. The topological polar surface area (TPSA) is 64.3 Å². The summed E-state index contributed by atoms with van der Waals surface area (Å²) in [6.45, 7) is 0. The fourth-order valence-corrected chi connectivity index (χ4v) is 3.71. The van der Waals surface area contributed by atoms with Crippen molar-refractivity contribution in [2.45, 2.75) is 0 Å². The Morgan fingerprint density at radius 1 is 1.25 bits per heavy atom. The Morgan fingerprint density at radius 2 is 1.96 bits per heavy atom. The van der Waals surface area contributed by atoms with Gasteiger partial charge in [0.1, 0.15) is 9.90 Å². The number of halogens is 3. The molecule has 0 fully saturated rings. The SMILES string of the molecule is COC(=O)c1cc2c(s1)C(=O)C(Cl)=C([n+]1cccc(Cl)c1)C2=O.[Cl-]. The second-order valence-corrected chi connectivity index (χ2v) is 6.46. The molecule has 0 bridgehead atoms. The highest BCUT2D eigenvalue weighted by Gasteiger charge is 2.40. The van der Waals surface area contributed by atoms with Gasteiger partial charge in [-0.3, -0.25) is 9.59 Å². The van der Waals surface area contributed by atoms with Crippen molar-refractivity contribution in [1.29, 1.82) is 0 Å². The highest BCUT2D eigenvalue weighted by Crippen LogP contribution is 2.34. The zero-order chi connectivity index (χ0) is 16.7. The molecule has 2 aromatic rings. The van der Waals surface area contributed by atoms with E-state index in [-0.39, 0.29) is 38.5 Å². The number of hydrogen-bond donors (Lipinski definition) is 0. The molecular weight excluding hydrogens is 397 g/mol. The molecule has 0 atom stereocenters. The van der Waals surface area contributed by atoms with Crippen molar-refractivity contribution in [2.24, 2.45) is 0 Å². The summed E-state index contributed by atoms with van der Waals surface area (Å²) >= 11 is 12.9. The lowest BCUT2D eigenvalue weighted by Gasteiger charge is -2.09.